The summed E-state index contributed by atoms with van der Waals surface area (Å²) < 4.78 is 26.9. The van der Waals surface area contributed by atoms with Crippen molar-refractivity contribution in [2.24, 2.45) is 0 Å². The summed E-state index contributed by atoms with van der Waals surface area (Å²) >= 11 is 3.32. The molecule has 2 rings (SSSR count). The molecule has 0 radical (unpaired) electrons. The number of carbonyl (C=O) groups is 1. The van der Waals surface area contributed by atoms with E-state index in [0.717, 1.165) is 28.2 Å². The van der Waals surface area contributed by atoms with Crippen molar-refractivity contribution in [1.29, 1.82) is 0 Å². The van der Waals surface area contributed by atoms with Crippen LogP contribution in [0.3, 0.4) is 0 Å². The van der Waals surface area contributed by atoms with Crippen LogP contribution in [0.15, 0.2) is 40.9 Å². The van der Waals surface area contributed by atoms with E-state index in [1.54, 1.807) is 25.1 Å². The molecular weight excluding hydrogens is 302 g/mol. The Labute approximate surface area is 112 Å². The van der Waals surface area contributed by atoms with Gasteiger partial charge >= 0.3 is 0 Å². The molecule has 0 aliphatic heterocycles. The first-order chi connectivity index (χ1) is 8.49. The van der Waals surface area contributed by atoms with Crippen LogP contribution in [-0.4, -0.2) is 5.78 Å². The standard InChI is InChI=1S/C14H9BrF2O/c1-8-12(3-2-4-13(8)15)14(18)9-5-10(16)7-11(17)6-9/h2-7H,1H3. The predicted molar refractivity (Wildman–Crippen MR) is 68.7 cm³/mol. The highest BCUT2D eigenvalue weighted by molar-refractivity contribution is 9.10. The molecule has 0 spiro atoms. The second kappa shape index (κ2) is 4.98. The highest BCUT2D eigenvalue weighted by Crippen LogP contribution is 2.22. The average Bonchev–Trinajstić information content (AvgIpc) is 2.30. The summed E-state index contributed by atoms with van der Waals surface area (Å²) in [5, 5.41) is 0. The summed E-state index contributed by atoms with van der Waals surface area (Å²) in [7, 11) is 0. The molecule has 0 amide bonds. The van der Waals surface area contributed by atoms with Gasteiger partial charge in [0.2, 0.25) is 0 Å². The lowest BCUT2D eigenvalue weighted by Crippen LogP contribution is -2.05. The summed E-state index contributed by atoms with van der Waals surface area (Å²) in [6.07, 6.45) is 0. The zero-order valence-electron chi connectivity index (χ0n) is 9.51. The summed E-state index contributed by atoms with van der Waals surface area (Å²) in [4.78, 5) is 12.2. The van der Waals surface area contributed by atoms with Crippen LogP contribution in [0.5, 0.6) is 0 Å². The Morgan fingerprint density at radius 2 is 1.72 bits per heavy atom. The van der Waals surface area contributed by atoms with E-state index in [0.29, 0.717) is 5.56 Å². The SMILES string of the molecule is Cc1c(Br)cccc1C(=O)c1cc(F)cc(F)c1. The van der Waals surface area contributed by atoms with Crippen LogP contribution in [0.1, 0.15) is 21.5 Å². The van der Waals surface area contributed by atoms with Gasteiger partial charge in [-0.15, -0.1) is 0 Å². The summed E-state index contributed by atoms with van der Waals surface area (Å²) in [5.74, 6) is -1.91. The molecule has 0 atom stereocenters. The van der Waals surface area contributed by atoms with E-state index in [1.165, 1.54) is 0 Å². The highest BCUT2D eigenvalue weighted by Gasteiger charge is 2.14. The van der Waals surface area contributed by atoms with Crippen molar-refractivity contribution in [3.05, 3.63) is 69.2 Å². The minimum absolute atomic E-state index is 0.00806. The third kappa shape index (κ3) is 2.48. The fraction of sp³-hybridized carbons (Fsp3) is 0.0714. The number of hydrogen-bond donors (Lipinski definition) is 0. The molecule has 2 aromatic carbocycles. The monoisotopic (exact) mass is 310 g/mol. The van der Waals surface area contributed by atoms with Crippen molar-refractivity contribution in [2.75, 3.05) is 0 Å². The second-order valence-electron chi connectivity index (χ2n) is 3.90. The topological polar surface area (TPSA) is 17.1 Å². The van der Waals surface area contributed by atoms with Gasteiger partial charge in [-0.25, -0.2) is 8.78 Å². The molecule has 0 aliphatic rings. The van der Waals surface area contributed by atoms with Gasteiger partial charge in [-0.05, 0) is 30.7 Å². The zero-order valence-corrected chi connectivity index (χ0v) is 11.1. The van der Waals surface area contributed by atoms with Gasteiger partial charge in [0.1, 0.15) is 11.6 Å². The molecule has 4 heteroatoms. The van der Waals surface area contributed by atoms with Crippen LogP contribution in [0.2, 0.25) is 0 Å². The zero-order chi connectivity index (χ0) is 13.3. The van der Waals surface area contributed by atoms with Crippen LogP contribution in [0.4, 0.5) is 8.78 Å². The molecule has 0 unspecified atom stereocenters. The van der Waals surface area contributed by atoms with E-state index in [1.807, 2.05) is 0 Å². The van der Waals surface area contributed by atoms with Crippen LogP contribution >= 0.6 is 15.9 Å². The quantitative estimate of drug-likeness (QED) is 0.757. The predicted octanol–water partition coefficient (Wildman–Crippen LogP) is 4.27. The molecule has 0 saturated carbocycles. The van der Waals surface area contributed by atoms with Crippen LogP contribution in [-0.2, 0) is 0 Å². The summed E-state index contributed by atoms with van der Waals surface area (Å²) in [6.45, 7) is 1.77. The first-order valence-electron chi connectivity index (χ1n) is 5.25. The normalized spacial score (nSPS) is 10.4. The first kappa shape index (κ1) is 12.9. The minimum Gasteiger partial charge on any atom is -0.289 e. The molecule has 0 aromatic heterocycles. The summed E-state index contributed by atoms with van der Waals surface area (Å²) in [5.41, 5.74) is 1.18. The maximum atomic E-state index is 13.1. The molecular formula is C14H9BrF2O. The van der Waals surface area contributed by atoms with E-state index in [4.69, 9.17) is 0 Å². The first-order valence-corrected chi connectivity index (χ1v) is 6.04. The summed E-state index contributed by atoms with van der Waals surface area (Å²) in [6, 6.07) is 7.95. The molecule has 1 nitrogen and oxygen atoms in total. The number of benzene rings is 2. The molecule has 0 fully saturated rings. The van der Waals surface area contributed by atoms with Crippen molar-refractivity contribution in [2.45, 2.75) is 6.92 Å². The molecule has 0 aliphatic carbocycles. The van der Waals surface area contributed by atoms with Crippen LogP contribution in [0.25, 0.3) is 0 Å². The van der Waals surface area contributed by atoms with Gasteiger partial charge in [-0.2, -0.15) is 0 Å². The number of halogens is 3. The Balaban J connectivity index is 2.51. The lowest BCUT2D eigenvalue weighted by molar-refractivity contribution is 0.103. The van der Waals surface area contributed by atoms with Crippen molar-refractivity contribution >= 4 is 21.7 Å². The number of carbonyl (C=O) groups excluding carboxylic acids is 1. The van der Waals surface area contributed by atoms with E-state index in [-0.39, 0.29) is 5.56 Å². The molecule has 0 heterocycles. The average molecular weight is 311 g/mol. The minimum atomic E-state index is -0.758. The Morgan fingerprint density at radius 3 is 2.33 bits per heavy atom. The molecule has 0 bridgehead atoms. The Morgan fingerprint density at radius 1 is 1.11 bits per heavy atom. The Kier molecular flexibility index (Phi) is 3.57. The maximum Gasteiger partial charge on any atom is 0.193 e. The molecule has 0 saturated heterocycles. The van der Waals surface area contributed by atoms with Crippen LogP contribution in [0, 0.1) is 18.6 Å². The molecule has 18 heavy (non-hydrogen) atoms. The molecule has 0 N–H and O–H groups in total. The van der Waals surface area contributed by atoms with Gasteiger partial charge in [-0.1, -0.05) is 28.1 Å². The molecule has 92 valence electrons. The fourth-order valence-electron chi connectivity index (χ4n) is 1.69. The molecule has 2 aromatic rings. The van der Waals surface area contributed by atoms with Gasteiger partial charge in [0.15, 0.2) is 5.78 Å². The number of hydrogen-bond acceptors (Lipinski definition) is 1. The smallest absolute Gasteiger partial charge is 0.193 e. The van der Waals surface area contributed by atoms with E-state index in [9.17, 15) is 13.6 Å². The van der Waals surface area contributed by atoms with Gasteiger partial charge in [0.25, 0.3) is 0 Å². The third-order valence-electron chi connectivity index (χ3n) is 2.64. The maximum absolute atomic E-state index is 13.1. The Bertz CT molecular complexity index is 603. The highest BCUT2D eigenvalue weighted by atomic mass is 79.9. The van der Waals surface area contributed by atoms with Gasteiger partial charge in [-0.3, -0.25) is 4.79 Å². The lowest BCUT2D eigenvalue weighted by Gasteiger charge is -2.07. The number of ketones is 1. The number of rotatable bonds is 2. The van der Waals surface area contributed by atoms with Crippen molar-refractivity contribution in [3.8, 4) is 0 Å². The van der Waals surface area contributed by atoms with E-state index in [2.05, 4.69) is 15.9 Å². The van der Waals surface area contributed by atoms with E-state index >= 15 is 0 Å². The van der Waals surface area contributed by atoms with Crippen molar-refractivity contribution < 1.29 is 13.6 Å². The second-order valence-corrected chi connectivity index (χ2v) is 4.75. The van der Waals surface area contributed by atoms with Gasteiger partial charge in [0.05, 0.1) is 0 Å². The van der Waals surface area contributed by atoms with Gasteiger partial charge < -0.3 is 0 Å². The largest absolute Gasteiger partial charge is 0.289 e. The van der Waals surface area contributed by atoms with Crippen molar-refractivity contribution in [1.82, 2.24) is 0 Å². The van der Waals surface area contributed by atoms with Gasteiger partial charge in [0, 0.05) is 21.7 Å². The fourth-order valence-corrected chi connectivity index (χ4v) is 2.06. The third-order valence-corrected chi connectivity index (χ3v) is 3.50. The van der Waals surface area contributed by atoms with E-state index < -0.39 is 17.4 Å². The van der Waals surface area contributed by atoms with Crippen molar-refractivity contribution in [3.63, 3.8) is 0 Å². The van der Waals surface area contributed by atoms with Crippen LogP contribution < -0.4 is 0 Å². The lowest BCUT2D eigenvalue weighted by atomic mass is 9.99. The Hall–Kier alpha value is -1.55.